The van der Waals surface area contributed by atoms with Crippen molar-refractivity contribution < 1.29 is 17.9 Å². The minimum Gasteiger partial charge on any atom is -0.497 e. The number of sulfonamides is 1. The Balaban J connectivity index is 1.55. The second-order valence-electron chi connectivity index (χ2n) is 7.19. The third-order valence-corrected chi connectivity index (χ3v) is 7.76. The van der Waals surface area contributed by atoms with E-state index in [0.717, 1.165) is 16.9 Å². The molecule has 170 valence electrons. The lowest BCUT2D eigenvalue weighted by molar-refractivity contribution is 0.0941. The number of methoxy groups -OCH3 is 1. The highest BCUT2D eigenvalue weighted by Crippen LogP contribution is 2.25. The highest BCUT2D eigenvalue weighted by Gasteiger charge is 2.22. The van der Waals surface area contributed by atoms with Gasteiger partial charge in [0.05, 0.1) is 7.11 Å². The summed E-state index contributed by atoms with van der Waals surface area (Å²) in [5.41, 5.74) is 1.57. The number of nitrogens with zero attached hydrogens (tertiary/aromatic N) is 2. The first kappa shape index (κ1) is 22.6. The number of carbonyl (C=O) groups is 1. The van der Waals surface area contributed by atoms with E-state index in [4.69, 9.17) is 4.74 Å². The molecule has 0 saturated carbocycles. The first-order chi connectivity index (χ1) is 15.9. The third-order valence-electron chi connectivity index (χ3n) is 4.98. The van der Waals surface area contributed by atoms with Crippen LogP contribution < -0.4 is 14.8 Å². The van der Waals surface area contributed by atoms with E-state index in [-0.39, 0.29) is 10.1 Å². The Morgan fingerprint density at radius 2 is 1.91 bits per heavy atom. The molecule has 8 nitrogen and oxygen atoms in total. The van der Waals surface area contributed by atoms with E-state index in [9.17, 15) is 13.2 Å². The zero-order chi connectivity index (χ0) is 23.4. The lowest BCUT2D eigenvalue weighted by atomic mass is 10.0. The first-order valence-electron chi connectivity index (χ1n) is 9.96. The topological polar surface area (TPSA) is 102 Å². The van der Waals surface area contributed by atoms with Crippen LogP contribution in [0.3, 0.4) is 0 Å². The van der Waals surface area contributed by atoms with Crippen LogP contribution in [0.2, 0.25) is 0 Å². The van der Waals surface area contributed by atoms with Gasteiger partial charge in [-0.2, -0.15) is 0 Å². The van der Waals surface area contributed by atoms with Crippen molar-refractivity contribution in [3.63, 3.8) is 0 Å². The van der Waals surface area contributed by atoms with Crippen LogP contribution in [-0.2, 0) is 17.1 Å². The molecule has 33 heavy (non-hydrogen) atoms. The van der Waals surface area contributed by atoms with Crippen molar-refractivity contribution in [1.82, 2.24) is 14.9 Å². The highest BCUT2D eigenvalue weighted by molar-refractivity contribution is 7.94. The zero-order valence-electron chi connectivity index (χ0n) is 17.9. The van der Waals surface area contributed by atoms with E-state index in [0.29, 0.717) is 22.8 Å². The summed E-state index contributed by atoms with van der Waals surface area (Å²) in [6.45, 7) is 0. The van der Waals surface area contributed by atoms with Crippen LogP contribution in [0.1, 0.15) is 27.8 Å². The molecule has 10 heteroatoms. The lowest BCUT2D eigenvalue weighted by Crippen LogP contribution is -2.31. The Hall–Kier alpha value is -3.63. The van der Waals surface area contributed by atoms with Gasteiger partial charge in [0.2, 0.25) is 0 Å². The fourth-order valence-electron chi connectivity index (χ4n) is 3.30. The van der Waals surface area contributed by atoms with Crippen molar-refractivity contribution in [2.75, 3.05) is 11.8 Å². The number of nitrogens with one attached hydrogen (secondary N) is 2. The number of rotatable bonds is 8. The zero-order valence-corrected chi connectivity index (χ0v) is 19.6. The molecule has 0 radical (unpaired) electrons. The Morgan fingerprint density at radius 1 is 1.12 bits per heavy atom. The SMILES string of the molecule is COc1cccc(C(NC(=O)c2ccc(NS(=O)(=O)c3cccs3)cc2)c2nccn2C)c1. The smallest absolute Gasteiger partial charge is 0.271 e. The Kier molecular flexibility index (Phi) is 6.47. The molecule has 1 unspecified atom stereocenters. The van der Waals surface area contributed by atoms with E-state index < -0.39 is 16.1 Å². The van der Waals surface area contributed by atoms with Crippen LogP contribution >= 0.6 is 11.3 Å². The number of amides is 1. The minimum atomic E-state index is -3.65. The van der Waals surface area contributed by atoms with Gasteiger partial charge < -0.3 is 14.6 Å². The standard InChI is InChI=1S/C23H22N4O4S2/c1-27-13-12-24-22(27)21(17-5-3-6-19(15-17)31-2)25-23(28)16-8-10-18(11-9-16)26-33(29,30)20-7-4-14-32-20/h3-15,21,26H,1-2H3,(H,25,28). The van der Waals surface area contributed by atoms with E-state index in [2.05, 4.69) is 15.0 Å². The summed E-state index contributed by atoms with van der Waals surface area (Å²) >= 11 is 1.13. The van der Waals surface area contributed by atoms with Crippen LogP contribution in [0.15, 0.2) is 82.6 Å². The van der Waals surface area contributed by atoms with Gasteiger partial charge in [0, 0.05) is 30.7 Å². The minimum absolute atomic E-state index is 0.223. The van der Waals surface area contributed by atoms with Crippen molar-refractivity contribution in [3.05, 3.63) is 95.4 Å². The summed E-state index contributed by atoms with van der Waals surface area (Å²) in [6.07, 6.45) is 3.48. The van der Waals surface area contributed by atoms with Gasteiger partial charge in [-0.1, -0.05) is 18.2 Å². The number of imidazole rings is 1. The molecule has 0 spiro atoms. The van der Waals surface area contributed by atoms with Gasteiger partial charge in [-0.25, -0.2) is 13.4 Å². The number of ether oxygens (including phenoxy) is 1. The molecule has 1 atom stereocenters. The normalized spacial score (nSPS) is 12.2. The predicted molar refractivity (Wildman–Crippen MR) is 127 cm³/mol. The van der Waals surface area contributed by atoms with Crippen molar-refractivity contribution in [3.8, 4) is 5.75 Å². The predicted octanol–water partition coefficient (Wildman–Crippen LogP) is 3.81. The second-order valence-corrected chi connectivity index (χ2v) is 10.1. The quantitative estimate of drug-likeness (QED) is 0.398. The third kappa shape index (κ3) is 5.07. The average Bonchev–Trinajstić information content (AvgIpc) is 3.50. The second kappa shape index (κ2) is 9.47. The molecular formula is C23H22N4O4S2. The van der Waals surface area contributed by atoms with Gasteiger partial charge in [-0.05, 0) is 53.4 Å². The Morgan fingerprint density at radius 3 is 2.55 bits per heavy atom. The lowest BCUT2D eigenvalue weighted by Gasteiger charge is -2.20. The van der Waals surface area contributed by atoms with Gasteiger partial charge in [0.1, 0.15) is 21.8 Å². The largest absolute Gasteiger partial charge is 0.497 e. The molecule has 0 aliphatic rings. The van der Waals surface area contributed by atoms with Crippen LogP contribution in [0.5, 0.6) is 5.75 Å². The average molecular weight is 483 g/mol. The fraction of sp³-hybridized carbons (Fsp3) is 0.130. The summed E-state index contributed by atoms with van der Waals surface area (Å²) in [5, 5.41) is 4.72. The van der Waals surface area contributed by atoms with E-state index in [1.807, 2.05) is 42.1 Å². The van der Waals surface area contributed by atoms with Crippen LogP contribution in [0, 0.1) is 0 Å². The molecule has 2 aromatic heterocycles. The molecule has 0 aliphatic heterocycles. The van der Waals surface area contributed by atoms with E-state index >= 15 is 0 Å². The maximum atomic E-state index is 13.1. The maximum Gasteiger partial charge on any atom is 0.271 e. The number of anilines is 1. The molecular weight excluding hydrogens is 460 g/mol. The first-order valence-corrected chi connectivity index (χ1v) is 12.3. The van der Waals surface area contributed by atoms with Crippen LogP contribution in [0.4, 0.5) is 5.69 Å². The fourth-order valence-corrected chi connectivity index (χ4v) is 5.35. The molecule has 0 fully saturated rings. The molecule has 4 rings (SSSR count). The van der Waals surface area contributed by atoms with Crippen molar-refractivity contribution in [2.45, 2.75) is 10.3 Å². The number of thiophene rings is 1. The summed E-state index contributed by atoms with van der Waals surface area (Å²) in [6, 6.07) is 16.4. The molecule has 0 aliphatic carbocycles. The summed E-state index contributed by atoms with van der Waals surface area (Å²) in [4.78, 5) is 17.5. The molecule has 2 N–H and O–H groups in total. The Labute approximate surface area is 195 Å². The number of aryl methyl sites for hydroxylation is 1. The van der Waals surface area contributed by atoms with Gasteiger partial charge in [-0.15, -0.1) is 11.3 Å². The summed E-state index contributed by atoms with van der Waals surface area (Å²) in [7, 11) is -0.212. The van der Waals surface area contributed by atoms with E-state index in [1.54, 1.807) is 49.0 Å². The molecule has 0 bridgehead atoms. The number of hydrogen-bond donors (Lipinski definition) is 2. The van der Waals surface area contributed by atoms with Crippen molar-refractivity contribution in [2.24, 2.45) is 7.05 Å². The van der Waals surface area contributed by atoms with Crippen molar-refractivity contribution >= 4 is 33.0 Å². The van der Waals surface area contributed by atoms with Gasteiger partial charge >= 0.3 is 0 Å². The van der Waals surface area contributed by atoms with Gasteiger partial charge in [0.25, 0.3) is 15.9 Å². The monoisotopic (exact) mass is 482 g/mol. The molecule has 2 heterocycles. The number of benzene rings is 2. The van der Waals surface area contributed by atoms with Crippen molar-refractivity contribution in [1.29, 1.82) is 0 Å². The maximum absolute atomic E-state index is 13.1. The van der Waals surface area contributed by atoms with Gasteiger partial charge in [-0.3, -0.25) is 9.52 Å². The van der Waals surface area contributed by atoms with Gasteiger partial charge in [0.15, 0.2) is 0 Å². The number of carbonyl (C=O) groups excluding carboxylic acids is 1. The molecule has 4 aromatic rings. The number of aromatic nitrogens is 2. The molecule has 0 saturated heterocycles. The van der Waals surface area contributed by atoms with Crippen LogP contribution in [0.25, 0.3) is 0 Å². The van der Waals surface area contributed by atoms with Crippen LogP contribution in [-0.4, -0.2) is 31.0 Å². The Bertz CT molecular complexity index is 1350. The highest BCUT2D eigenvalue weighted by atomic mass is 32.2. The van der Waals surface area contributed by atoms with E-state index in [1.165, 1.54) is 6.07 Å². The summed E-state index contributed by atoms with van der Waals surface area (Å²) in [5.74, 6) is 1.01. The number of hydrogen-bond acceptors (Lipinski definition) is 6. The molecule has 2 aromatic carbocycles. The molecule has 1 amide bonds. The summed E-state index contributed by atoms with van der Waals surface area (Å²) < 4.78 is 34.7.